The van der Waals surface area contributed by atoms with E-state index >= 15 is 0 Å². The molecule has 1 amide bonds. The Kier molecular flexibility index (Phi) is 5.44. The van der Waals surface area contributed by atoms with Crippen molar-refractivity contribution in [1.82, 2.24) is 4.90 Å². The first-order valence-electron chi connectivity index (χ1n) is 7.98. The number of hydrogen-bond acceptors (Lipinski definition) is 3. The van der Waals surface area contributed by atoms with Crippen molar-refractivity contribution in [3.63, 3.8) is 0 Å². The van der Waals surface area contributed by atoms with Crippen LogP contribution in [0.25, 0.3) is 0 Å². The molecule has 2 aliphatic heterocycles. The number of piperidine rings is 1. The van der Waals surface area contributed by atoms with Crippen molar-refractivity contribution < 1.29 is 14.3 Å². The van der Waals surface area contributed by atoms with E-state index in [2.05, 4.69) is 13.8 Å². The van der Waals surface area contributed by atoms with Gasteiger partial charge in [0.15, 0.2) is 0 Å². The molecule has 0 bridgehead atoms. The van der Waals surface area contributed by atoms with E-state index < -0.39 is 0 Å². The number of rotatable bonds is 5. The third kappa shape index (κ3) is 3.53. The summed E-state index contributed by atoms with van der Waals surface area (Å²) in [5.74, 6) is 1.35. The second kappa shape index (κ2) is 6.90. The van der Waals surface area contributed by atoms with Crippen LogP contribution in [0.2, 0.25) is 0 Å². The van der Waals surface area contributed by atoms with Crippen LogP contribution in [0.1, 0.15) is 46.0 Å². The molecule has 0 aromatic rings. The molecule has 2 aliphatic rings. The first kappa shape index (κ1) is 15.8. The number of methoxy groups -OCH3 is 1. The SMILES string of the molecule is COCC[C@@H]1CCOC12CCN(C(=O)CC(C)C)CC2. The number of amides is 1. The van der Waals surface area contributed by atoms with Crippen molar-refractivity contribution in [2.75, 3.05) is 33.4 Å². The molecule has 0 aliphatic carbocycles. The standard InChI is InChI=1S/C16H29NO3/c1-13(2)12-15(18)17-8-6-16(7-9-17)14(4-10-19-3)5-11-20-16/h13-14H,4-12H2,1-3H3/t14-/m1/s1. The number of carbonyl (C=O) groups is 1. The summed E-state index contributed by atoms with van der Waals surface area (Å²) in [6.45, 7) is 7.60. The lowest BCUT2D eigenvalue weighted by Gasteiger charge is -2.42. The second-order valence-electron chi connectivity index (χ2n) is 6.66. The molecule has 4 nitrogen and oxygen atoms in total. The fourth-order valence-electron chi connectivity index (χ4n) is 3.62. The highest BCUT2D eigenvalue weighted by Gasteiger charge is 2.46. The van der Waals surface area contributed by atoms with Crippen LogP contribution < -0.4 is 0 Å². The molecule has 0 aromatic heterocycles. The van der Waals surface area contributed by atoms with E-state index in [1.54, 1.807) is 7.11 Å². The number of ether oxygens (including phenoxy) is 2. The van der Waals surface area contributed by atoms with Crippen LogP contribution in [0, 0.1) is 11.8 Å². The van der Waals surface area contributed by atoms with Gasteiger partial charge >= 0.3 is 0 Å². The minimum Gasteiger partial charge on any atom is -0.385 e. The second-order valence-corrected chi connectivity index (χ2v) is 6.66. The lowest BCUT2D eigenvalue weighted by molar-refractivity contribution is -0.138. The molecule has 2 fully saturated rings. The minimum atomic E-state index is 0.0210. The van der Waals surface area contributed by atoms with E-state index in [0.717, 1.165) is 52.0 Å². The van der Waals surface area contributed by atoms with Crippen LogP contribution >= 0.6 is 0 Å². The van der Waals surface area contributed by atoms with Crippen molar-refractivity contribution in [2.45, 2.75) is 51.6 Å². The van der Waals surface area contributed by atoms with Crippen LogP contribution in [0.5, 0.6) is 0 Å². The van der Waals surface area contributed by atoms with Gasteiger partial charge in [-0.2, -0.15) is 0 Å². The summed E-state index contributed by atoms with van der Waals surface area (Å²) in [4.78, 5) is 14.2. The highest BCUT2D eigenvalue weighted by molar-refractivity contribution is 5.76. The van der Waals surface area contributed by atoms with Gasteiger partial charge in [0, 0.05) is 39.8 Å². The van der Waals surface area contributed by atoms with Crippen LogP contribution in [0.4, 0.5) is 0 Å². The van der Waals surface area contributed by atoms with E-state index in [4.69, 9.17) is 9.47 Å². The normalized spacial score (nSPS) is 25.6. The zero-order chi connectivity index (χ0) is 14.6. The first-order valence-corrected chi connectivity index (χ1v) is 7.98. The lowest BCUT2D eigenvalue weighted by atomic mass is 9.78. The lowest BCUT2D eigenvalue weighted by Crippen LogP contribution is -2.49. The Bertz CT molecular complexity index is 322. The minimum absolute atomic E-state index is 0.0210. The predicted octanol–water partition coefficient (Wildman–Crippen LogP) is 2.47. The molecule has 1 atom stereocenters. The smallest absolute Gasteiger partial charge is 0.222 e. The van der Waals surface area contributed by atoms with E-state index in [1.807, 2.05) is 4.90 Å². The van der Waals surface area contributed by atoms with Crippen LogP contribution in [-0.2, 0) is 14.3 Å². The molecular formula is C16H29NO3. The molecule has 2 heterocycles. The average Bonchev–Trinajstić information content (AvgIpc) is 2.79. The van der Waals surface area contributed by atoms with Crippen molar-refractivity contribution in [1.29, 1.82) is 0 Å². The Morgan fingerprint density at radius 2 is 2.10 bits per heavy atom. The molecule has 2 saturated heterocycles. The molecule has 2 rings (SSSR count). The topological polar surface area (TPSA) is 38.8 Å². The first-order chi connectivity index (χ1) is 9.57. The van der Waals surface area contributed by atoms with Gasteiger partial charge < -0.3 is 14.4 Å². The Hall–Kier alpha value is -0.610. The molecule has 4 heteroatoms. The Balaban J connectivity index is 1.87. The molecule has 0 unspecified atom stereocenters. The Morgan fingerprint density at radius 3 is 2.70 bits per heavy atom. The Labute approximate surface area is 122 Å². The zero-order valence-corrected chi connectivity index (χ0v) is 13.2. The van der Waals surface area contributed by atoms with Gasteiger partial charge in [-0.25, -0.2) is 0 Å². The van der Waals surface area contributed by atoms with Crippen molar-refractivity contribution in [3.8, 4) is 0 Å². The van der Waals surface area contributed by atoms with Gasteiger partial charge in [-0.15, -0.1) is 0 Å². The van der Waals surface area contributed by atoms with E-state index in [-0.39, 0.29) is 5.60 Å². The average molecular weight is 283 g/mol. The summed E-state index contributed by atoms with van der Waals surface area (Å²) in [5, 5.41) is 0. The Morgan fingerprint density at radius 1 is 1.40 bits per heavy atom. The highest BCUT2D eigenvalue weighted by atomic mass is 16.5. The van der Waals surface area contributed by atoms with Crippen molar-refractivity contribution in [2.24, 2.45) is 11.8 Å². The quantitative estimate of drug-likeness (QED) is 0.778. The van der Waals surface area contributed by atoms with Crippen LogP contribution in [0.15, 0.2) is 0 Å². The summed E-state index contributed by atoms with van der Waals surface area (Å²) >= 11 is 0. The van der Waals surface area contributed by atoms with Crippen molar-refractivity contribution >= 4 is 5.91 Å². The molecule has 20 heavy (non-hydrogen) atoms. The summed E-state index contributed by atoms with van der Waals surface area (Å²) < 4.78 is 11.3. The monoisotopic (exact) mass is 283 g/mol. The van der Waals surface area contributed by atoms with Gasteiger partial charge in [-0.05, 0) is 37.5 Å². The number of hydrogen-bond donors (Lipinski definition) is 0. The predicted molar refractivity (Wildman–Crippen MR) is 78.6 cm³/mol. The molecule has 0 aromatic carbocycles. The fourth-order valence-corrected chi connectivity index (χ4v) is 3.62. The number of likely N-dealkylation sites (tertiary alicyclic amines) is 1. The van der Waals surface area contributed by atoms with Gasteiger partial charge in [-0.1, -0.05) is 13.8 Å². The van der Waals surface area contributed by atoms with E-state index in [1.165, 1.54) is 0 Å². The third-order valence-electron chi connectivity index (χ3n) is 4.82. The maximum Gasteiger partial charge on any atom is 0.222 e. The molecule has 116 valence electrons. The number of carbonyl (C=O) groups excluding carboxylic acids is 1. The van der Waals surface area contributed by atoms with E-state index in [9.17, 15) is 4.79 Å². The molecule has 1 spiro atoms. The van der Waals surface area contributed by atoms with Gasteiger partial charge in [0.1, 0.15) is 0 Å². The maximum absolute atomic E-state index is 12.1. The summed E-state index contributed by atoms with van der Waals surface area (Å²) in [7, 11) is 1.76. The molecule has 0 radical (unpaired) electrons. The van der Waals surface area contributed by atoms with Crippen LogP contribution in [-0.4, -0.2) is 49.8 Å². The van der Waals surface area contributed by atoms with Crippen LogP contribution in [0.3, 0.4) is 0 Å². The molecule has 0 N–H and O–H groups in total. The largest absolute Gasteiger partial charge is 0.385 e. The fraction of sp³-hybridized carbons (Fsp3) is 0.938. The third-order valence-corrected chi connectivity index (χ3v) is 4.82. The van der Waals surface area contributed by atoms with E-state index in [0.29, 0.717) is 24.2 Å². The zero-order valence-electron chi connectivity index (χ0n) is 13.2. The summed E-state index contributed by atoms with van der Waals surface area (Å²) in [5.41, 5.74) is 0.0210. The molecule has 0 saturated carbocycles. The highest BCUT2D eigenvalue weighted by Crippen LogP contribution is 2.42. The van der Waals surface area contributed by atoms with Crippen molar-refractivity contribution in [3.05, 3.63) is 0 Å². The van der Waals surface area contributed by atoms with Gasteiger partial charge in [0.2, 0.25) is 5.91 Å². The number of nitrogens with zero attached hydrogens (tertiary/aromatic N) is 1. The van der Waals surface area contributed by atoms with Gasteiger partial charge in [0.05, 0.1) is 5.60 Å². The van der Waals surface area contributed by atoms with Gasteiger partial charge in [0.25, 0.3) is 0 Å². The van der Waals surface area contributed by atoms with Gasteiger partial charge in [-0.3, -0.25) is 4.79 Å². The summed E-state index contributed by atoms with van der Waals surface area (Å²) in [6, 6.07) is 0. The maximum atomic E-state index is 12.1. The summed E-state index contributed by atoms with van der Waals surface area (Å²) in [6.07, 6.45) is 4.87. The molecular weight excluding hydrogens is 254 g/mol.